The van der Waals surface area contributed by atoms with Crippen LogP contribution in [0.1, 0.15) is 22.3 Å². The second-order valence-electron chi connectivity index (χ2n) is 4.97. The number of benzene rings is 1. The van der Waals surface area contributed by atoms with Crippen LogP contribution < -0.4 is 0 Å². The monoisotopic (exact) mass is 293 g/mol. The maximum Gasteiger partial charge on any atom is 0.306 e. The van der Waals surface area contributed by atoms with E-state index < -0.39 is 12.1 Å². The normalized spacial score (nSPS) is 18.5. The van der Waals surface area contributed by atoms with Gasteiger partial charge in [-0.15, -0.1) is 0 Å². The van der Waals surface area contributed by atoms with E-state index >= 15 is 0 Å². The number of amides is 1. The van der Waals surface area contributed by atoms with Crippen LogP contribution in [0.2, 0.25) is 0 Å². The summed E-state index contributed by atoms with van der Waals surface area (Å²) in [7, 11) is 1.62. The first-order chi connectivity index (χ1) is 10.1. The molecule has 1 aromatic rings. The summed E-state index contributed by atoms with van der Waals surface area (Å²) in [5, 5.41) is 8.79. The van der Waals surface area contributed by atoms with Gasteiger partial charge in [0, 0.05) is 25.8 Å². The fourth-order valence-corrected chi connectivity index (χ4v) is 2.31. The van der Waals surface area contributed by atoms with E-state index in [0.717, 1.165) is 5.56 Å². The van der Waals surface area contributed by atoms with Gasteiger partial charge in [0.2, 0.25) is 0 Å². The highest BCUT2D eigenvalue weighted by Gasteiger charge is 2.26. The number of ether oxygens (including phenoxy) is 2. The van der Waals surface area contributed by atoms with Gasteiger partial charge in [-0.25, -0.2) is 0 Å². The highest BCUT2D eigenvalue weighted by atomic mass is 16.5. The van der Waals surface area contributed by atoms with Gasteiger partial charge in [0.15, 0.2) is 0 Å². The van der Waals surface area contributed by atoms with Crippen molar-refractivity contribution in [2.75, 3.05) is 26.8 Å². The van der Waals surface area contributed by atoms with Gasteiger partial charge in [-0.05, 0) is 17.7 Å². The zero-order valence-electron chi connectivity index (χ0n) is 11.9. The summed E-state index contributed by atoms with van der Waals surface area (Å²) in [5.74, 6) is -1.02. The first kappa shape index (κ1) is 15.5. The lowest BCUT2D eigenvalue weighted by atomic mass is 10.1. The minimum Gasteiger partial charge on any atom is -0.481 e. The van der Waals surface area contributed by atoms with E-state index in [9.17, 15) is 9.59 Å². The van der Waals surface area contributed by atoms with Crippen LogP contribution in [0, 0.1) is 0 Å². The Morgan fingerprint density at radius 2 is 2.10 bits per heavy atom. The molecule has 1 aliphatic rings. The standard InChI is InChI=1S/C15H19NO5/c1-20-10-11-2-4-12(5-3-11)15(19)16-6-7-21-13(9-16)8-14(17)18/h2-5,13H,6-10H2,1H3,(H,17,18)/t13-/m1/s1. The highest BCUT2D eigenvalue weighted by Crippen LogP contribution is 2.14. The van der Waals surface area contributed by atoms with E-state index in [1.165, 1.54) is 0 Å². The van der Waals surface area contributed by atoms with Gasteiger partial charge in [-0.3, -0.25) is 9.59 Å². The largest absolute Gasteiger partial charge is 0.481 e. The van der Waals surface area contributed by atoms with Gasteiger partial charge < -0.3 is 19.5 Å². The number of hydrogen-bond acceptors (Lipinski definition) is 4. The number of carboxylic acids is 1. The first-order valence-electron chi connectivity index (χ1n) is 6.80. The zero-order chi connectivity index (χ0) is 15.2. The van der Waals surface area contributed by atoms with Gasteiger partial charge in [0.1, 0.15) is 0 Å². The van der Waals surface area contributed by atoms with Crippen LogP contribution in [0.5, 0.6) is 0 Å². The lowest BCUT2D eigenvalue weighted by molar-refractivity contribution is -0.141. The average molecular weight is 293 g/mol. The van der Waals surface area contributed by atoms with Crippen LogP contribution in [0.25, 0.3) is 0 Å². The lowest BCUT2D eigenvalue weighted by Crippen LogP contribution is -2.46. The molecule has 1 heterocycles. The van der Waals surface area contributed by atoms with Crippen molar-refractivity contribution in [3.8, 4) is 0 Å². The van der Waals surface area contributed by atoms with Crippen molar-refractivity contribution in [2.45, 2.75) is 19.1 Å². The molecule has 1 saturated heterocycles. The van der Waals surface area contributed by atoms with Crippen molar-refractivity contribution >= 4 is 11.9 Å². The minimum atomic E-state index is -0.918. The van der Waals surface area contributed by atoms with E-state index in [0.29, 0.717) is 31.9 Å². The summed E-state index contributed by atoms with van der Waals surface area (Å²) in [4.78, 5) is 24.8. The third-order valence-electron chi connectivity index (χ3n) is 3.34. The number of carbonyl (C=O) groups is 2. The molecule has 1 aromatic carbocycles. The van der Waals surface area contributed by atoms with Gasteiger partial charge in [-0.1, -0.05) is 12.1 Å². The Balaban J connectivity index is 1.99. The molecule has 0 unspecified atom stereocenters. The molecule has 21 heavy (non-hydrogen) atoms. The Labute approximate surface area is 123 Å². The number of carboxylic acid groups (broad SMARTS) is 1. The molecule has 1 amide bonds. The number of morpholine rings is 1. The first-order valence-corrected chi connectivity index (χ1v) is 6.80. The molecule has 6 heteroatoms. The number of aliphatic carboxylic acids is 1. The van der Waals surface area contributed by atoms with Gasteiger partial charge >= 0.3 is 5.97 Å². The molecule has 2 rings (SSSR count). The van der Waals surface area contributed by atoms with Crippen LogP contribution in [0.4, 0.5) is 0 Å². The molecule has 1 atom stereocenters. The Morgan fingerprint density at radius 3 is 2.71 bits per heavy atom. The number of methoxy groups -OCH3 is 1. The summed E-state index contributed by atoms with van der Waals surface area (Å²) in [6.07, 6.45) is -0.524. The number of rotatable bonds is 5. The molecule has 0 bridgehead atoms. The van der Waals surface area contributed by atoms with Crippen LogP contribution >= 0.6 is 0 Å². The van der Waals surface area contributed by atoms with Crippen LogP contribution in [0.3, 0.4) is 0 Å². The van der Waals surface area contributed by atoms with Crippen molar-refractivity contribution in [3.63, 3.8) is 0 Å². The molecule has 1 aliphatic heterocycles. The Morgan fingerprint density at radius 1 is 1.38 bits per heavy atom. The minimum absolute atomic E-state index is 0.0867. The quantitative estimate of drug-likeness (QED) is 0.881. The Bertz CT molecular complexity index is 499. The summed E-state index contributed by atoms with van der Waals surface area (Å²) in [6.45, 7) is 1.66. The third-order valence-corrected chi connectivity index (χ3v) is 3.34. The second-order valence-corrected chi connectivity index (χ2v) is 4.97. The maximum atomic E-state index is 12.4. The zero-order valence-corrected chi connectivity index (χ0v) is 11.9. The Hall–Kier alpha value is -1.92. The summed E-state index contributed by atoms with van der Waals surface area (Å²) >= 11 is 0. The summed E-state index contributed by atoms with van der Waals surface area (Å²) < 4.78 is 10.4. The van der Waals surface area contributed by atoms with Gasteiger partial charge in [0.05, 0.1) is 25.7 Å². The van der Waals surface area contributed by atoms with E-state index in [4.69, 9.17) is 14.6 Å². The van der Waals surface area contributed by atoms with Crippen LogP contribution in [-0.2, 0) is 20.9 Å². The van der Waals surface area contributed by atoms with E-state index in [1.807, 2.05) is 12.1 Å². The van der Waals surface area contributed by atoms with E-state index in [-0.39, 0.29) is 12.3 Å². The van der Waals surface area contributed by atoms with E-state index in [1.54, 1.807) is 24.1 Å². The highest BCUT2D eigenvalue weighted by molar-refractivity contribution is 5.94. The molecule has 114 valence electrons. The molecule has 0 aliphatic carbocycles. The smallest absolute Gasteiger partial charge is 0.306 e. The van der Waals surface area contributed by atoms with Crippen molar-refractivity contribution in [1.82, 2.24) is 4.90 Å². The molecule has 0 saturated carbocycles. The Kier molecular flexibility index (Phi) is 5.30. The fraction of sp³-hybridized carbons (Fsp3) is 0.467. The predicted octanol–water partition coefficient (Wildman–Crippen LogP) is 1.15. The van der Waals surface area contributed by atoms with Crippen LogP contribution in [0.15, 0.2) is 24.3 Å². The second kappa shape index (κ2) is 7.19. The molecule has 0 aromatic heterocycles. The molecular formula is C15H19NO5. The lowest BCUT2D eigenvalue weighted by Gasteiger charge is -2.32. The molecule has 0 radical (unpaired) electrons. The third kappa shape index (κ3) is 4.27. The molecule has 6 nitrogen and oxygen atoms in total. The molecule has 0 spiro atoms. The number of carbonyl (C=O) groups excluding carboxylic acids is 1. The number of nitrogens with zero attached hydrogens (tertiary/aromatic N) is 1. The van der Waals surface area contributed by atoms with Crippen molar-refractivity contribution in [2.24, 2.45) is 0 Å². The predicted molar refractivity (Wildman–Crippen MR) is 75.1 cm³/mol. The van der Waals surface area contributed by atoms with E-state index in [2.05, 4.69) is 0 Å². The number of hydrogen-bond donors (Lipinski definition) is 1. The van der Waals surface area contributed by atoms with Gasteiger partial charge in [-0.2, -0.15) is 0 Å². The summed E-state index contributed by atoms with van der Waals surface area (Å²) in [5.41, 5.74) is 1.59. The SMILES string of the molecule is COCc1ccc(C(=O)N2CCO[C@H](CC(=O)O)C2)cc1. The summed E-state index contributed by atoms with van der Waals surface area (Å²) in [6, 6.07) is 7.23. The fourth-order valence-electron chi connectivity index (χ4n) is 2.31. The van der Waals surface area contributed by atoms with Gasteiger partial charge in [0.25, 0.3) is 5.91 Å². The molecule has 1 N–H and O–H groups in total. The van der Waals surface area contributed by atoms with Crippen LogP contribution in [-0.4, -0.2) is 54.8 Å². The topological polar surface area (TPSA) is 76.1 Å². The average Bonchev–Trinajstić information content (AvgIpc) is 2.47. The van der Waals surface area contributed by atoms with Crippen molar-refractivity contribution in [3.05, 3.63) is 35.4 Å². The molecule has 1 fully saturated rings. The molecular weight excluding hydrogens is 274 g/mol. The van der Waals surface area contributed by atoms with Crippen molar-refractivity contribution < 1.29 is 24.2 Å². The maximum absolute atomic E-state index is 12.4. The van der Waals surface area contributed by atoms with Crippen molar-refractivity contribution in [1.29, 1.82) is 0 Å².